The molecule has 0 fully saturated rings. The van der Waals surface area contributed by atoms with Crippen molar-refractivity contribution < 1.29 is 36.6 Å². The van der Waals surface area contributed by atoms with Gasteiger partial charge < -0.3 is 15.2 Å². The number of imidazole rings is 1. The molecule has 0 bridgehead atoms. The van der Waals surface area contributed by atoms with E-state index < -0.39 is 29.9 Å². The van der Waals surface area contributed by atoms with Gasteiger partial charge in [0.05, 0.1) is 23.0 Å². The topological polar surface area (TPSA) is 88.8 Å². The Bertz CT molecular complexity index is 1320. The van der Waals surface area contributed by atoms with Crippen LogP contribution in [0.4, 0.5) is 33.5 Å². The molecule has 0 radical (unpaired) electrons. The molecule has 2 aromatic heterocycles. The number of hydrogen-bond donors (Lipinski definition) is 2. The van der Waals surface area contributed by atoms with Crippen LogP contribution in [-0.4, -0.2) is 32.1 Å². The molecule has 2 heterocycles. The van der Waals surface area contributed by atoms with Gasteiger partial charge >= 0.3 is 18.8 Å². The van der Waals surface area contributed by atoms with Crippen LogP contribution >= 0.6 is 0 Å². The van der Waals surface area contributed by atoms with Crippen molar-refractivity contribution in [3.63, 3.8) is 0 Å². The molecule has 0 saturated carbocycles. The zero-order valence-electron chi connectivity index (χ0n) is 16.3. The van der Waals surface area contributed by atoms with E-state index in [0.29, 0.717) is 17.3 Å². The molecule has 0 unspecified atom stereocenters. The Morgan fingerprint density at radius 3 is 2.45 bits per heavy atom. The maximum Gasteiger partial charge on any atom is 0.417 e. The van der Waals surface area contributed by atoms with Crippen LogP contribution < -0.4 is 10.1 Å². The summed E-state index contributed by atoms with van der Waals surface area (Å²) in [4.78, 5) is 19.5. The number of benzene rings is 2. The summed E-state index contributed by atoms with van der Waals surface area (Å²) in [6.07, 6.45) is -0.419. The number of nitrogens with one attached hydrogen (secondary N) is 1. The van der Waals surface area contributed by atoms with E-state index in [4.69, 9.17) is 5.11 Å². The van der Waals surface area contributed by atoms with E-state index >= 15 is 0 Å². The van der Waals surface area contributed by atoms with Gasteiger partial charge in [0.2, 0.25) is 0 Å². The largest absolute Gasteiger partial charge is 0.478 e. The van der Waals surface area contributed by atoms with Crippen molar-refractivity contribution in [2.24, 2.45) is 0 Å². The Morgan fingerprint density at radius 1 is 1.09 bits per heavy atom. The summed E-state index contributed by atoms with van der Waals surface area (Å²) in [6.45, 7) is -2.95. The molecule has 0 aliphatic heterocycles. The Kier molecular flexibility index (Phi) is 5.58. The van der Waals surface area contributed by atoms with Crippen molar-refractivity contribution in [2.45, 2.75) is 12.8 Å². The fourth-order valence-electron chi connectivity index (χ4n) is 3.21. The quantitative estimate of drug-likeness (QED) is 0.369. The third kappa shape index (κ3) is 4.54. The molecule has 7 nitrogen and oxygen atoms in total. The van der Waals surface area contributed by atoms with E-state index in [1.165, 1.54) is 30.6 Å². The SMILES string of the molecule is O=C(O)c1ccc(Nc2nccn3c(-c4ccc(OC(F)F)cc4)cnc23)cc1C(F)(F)F. The molecule has 2 N–H and O–H groups in total. The van der Waals surface area contributed by atoms with E-state index in [1.54, 1.807) is 22.7 Å². The molecule has 2 aromatic carbocycles. The molecular weight excluding hydrogens is 451 g/mol. The summed E-state index contributed by atoms with van der Waals surface area (Å²) in [6, 6.07) is 8.56. The van der Waals surface area contributed by atoms with E-state index in [1.807, 2.05) is 0 Å². The molecule has 0 atom stereocenters. The molecular formula is C21H13F5N4O3. The normalized spacial score (nSPS) is 11.7. The Morgan fingerprint density at radius 2 is 1.82 bits per heavy atom. The van der Waals surface area contributed by atoms with Gasteiger partial charge in [-0.15, -0.1) is 0 Å². The molecule has 170 valence electrons. The first-order chi connectivity index (χ1) is 15.6. The second-order valence-electron chi connectivity index (χ2n) is 6.70. The van der Waals surface area contributed by atoms with Crippen LogP contribution in [0.25, 0.3) is 16.9 Å². The monoisotopic (exact) mass is 464 g/mol. The minimum Gasteiger partial charge on any atom is -0.478 e. The highest BCUT2D eigenvalue weighted by Crippen LogP contribution is 2.35. The number of carboxylic acids is 1. The first-order valence-electron chi connectivity index (χ1n) is 9.22. The van der Waals surface area contributed by atoms with Crippen molar-refractivity contribution in [2.75, 3.05) is 5.32 Å². The number of carboxylic acid groups (broad SMARTS) is 1. The molecule has 33 heavy (non-hydrogen) atoms. The standard InChI is InChI=1S/C21H13F5N4O3/c22-20(23)33-13-4-1-11(2-5-13)16-10-28-18-17(27-7-8-30(16)18)29-12-3-6-14(19(31)32)15(9-12)21(24,25)26/h1-10,20H,(H,27,29)(H,31,32). The highest BCUT2D eigenvalue weighted by Gasteiger charge is 2.35. The van der Waals surface area contributed by atoms with Gasteiger partial charge in [0.1, 0.15) is 5.75 Å². The Balaban J connectivity index is 1.68. The zero-order chi connectivity index (χ0) is 23.8. The Hall–Kier alpha value is -4.22. The fraction of sp³-hybridized carbons (Fsp3) is 0.0952. The minimum atomic E-state index is -4.87. The second kappa shape index (κ2) is 8.37. The predicted octanol–water partition coefficient (Wildman–Crippen LogP) is 5.46. The van der Waals surface area contributed by atoms with Crippen LogP contribution in [0.3, 0.4) is 0 Å². The summed E-state index contributed by atoms with van der Waals surface area (Å²) in [5, 5.41) is 11.8. The summed E-state index contributed by atoms with van der Waals surface area (Å²) in [5.74, 6) is -1.59. The van der Waals surface area contributed by atoms with Crippen LogP contribution in [0.1, 0.15) is 15.9 Å². The number of carbonyl (C=O) groups is 1. The Labute approximate surface area is 182 Å². The van der Waals surface area contributed by atoms with Gasteiger partial charge in [0, 0.05) is 23.6 Å². The zero-order valence-corrected chi connectivity index (χ0v) is 16.3. The van der Waals surface area contributed by atoms with Crippen molar-refractivity contribution in [3.8, 4) is 17.0 Å². The van der Waals surface area contributed by atoms with E-state index in [9.17, 15) is 26.7 Å². The highest BCUT2D eigenvalue weighted by atomic mass is 19.4. The number of ether oxygens (including phenoxy) is 1. The fourth-order valence-corrected chi connectivity index (χ4v) is 3.21. The van der Waals surface area contributed by atoms with Crippen molar-refractivity contribution in [1.29, 1.82) is 0 Å². The molecule has 0 saturated heterocycles. The minimum absolute atomic E-state index is 0.0168. The number of hydrogen-bond acceptors (Lipinski definition) is 5. The number of fused-ring (bicyclic) bond motifs is 1. The molecule has 4 rings (SSSR count). The van der Waals surface area contributed by atoms with Gasteiger partial charge in [0.15, 0.2) is 11.5 Å². The van der Waals surface area contributed by atoms with Crippen molar-refractivity contribution in [3.05, 3.63) is 72.2 Å². The number of nitrogens with zero attached hydrogens (tertiary/aromatic N) is 3. The van der Waals surface area contributed by atoms with Crippen molar-refractivity contribution >= 4 is 23.1 Å². The van der Waals surface area contributed by atoms with E-state index in [2.05, 4.69) is 20.0 Å². The maximum absolute atomic E-state index is 13.3. The number of aromatic nitrogens is 3. The predicted molar refractivity (Wildman–Crippen MR) is 107 cm³/mol. The highest BCUT2D eigenvalue weighted by molar-refractivity contribution is 5.90. The lowest BCUT2D eigenvalue weighted by Gasteiger charge is -2.13. The first-order valence-corrected chi connectivity index (χ1v) is 9.22. The average molecular weight is 464 g/mol. The number of anilines is 2. The third-order valence-electron chi connectivity index (χ3n) is 4.62. The summed E-state index contributed by atoms with van der Waals surface area (Å²) in [5.41, 5.74) is -0.756. The van der Waals surface area contributed by atoms with Crippen LogP contribution in [-0.2, 0) is 6.18 Å². The van der Waals surface area contributed by atoms with Gasteiger partial charge in [0.25, 0.3) is 0 Å². The van der Waals surface area contributed by atoms with Gasteiger partial charge in [-0.1, -0.05) is 0 Å². The number of halogens is 5. The van der Waals surface area contributed by atoms with E-state index in [-0.39, 0.29) is 22.9 Å². The molecule has 12 heteroatoms. The van der Waals surface area contributed by atoms with Gasteiger partial charge in [-0.3, -0.25) is 4.40 Å². The summed E-state index contributed by atoms with van der Waals surface area (Å²) < 4.78 is 70.5. The van der Waals surface area contributed by atoms with Crippen LogP contribution in [0.15, 0.2) is 61.1 Å². The number of rotatable bonds is 6. The van der Waals surface area contributed by atoms with Gasteiger partial charge in [-0.2, -0.15) is 22.0 Å². The molecule has 4 aromatic rings. The van der Waals surface area contributed by atoms with Crippen LogP contribution in [0.5, 0.6) is 5.75 Å². The summed E-state index contributed by atoms with van der Waals surface area (Å²) in [7, 11) is 0. The lowest BCUT2D eigenvalue weighted by Crippen LogP contribution is -2.13. The average Bonchev–Trinajstić information content (AvgIpc) is 3.18. The van der Waals surface area contributed by atoms with Gasteiger partial charge in [-0.05, 0) is 42.5 Å². The molecule has 0 spiro atoms. The molecule has 0 aliphatic rings. The van der Waals surface area contributed by atoms with E-state index in [0.717, 1.165) is 6.07 Å². The first kappa shape index (κ1) is 22.0. The number of alkyl halides is 5. The lowest BCUT2D eigenvalue weighted by molar-refractivity contribution is -0.138. The molecule has 0 aliphatic carbocycles. The third-order valence-corrected chi connectivity index (χ3v) is 4.62. The van der Waals surface area contributed by atoms with Crippen LogP contribution in [0.2, 0.25) is 0 Å². The molecule has 0 amide bonds. The lowest BCUT2D eigenvalue weighted by atomic mass is 10.1. The van der Waals surface area contributed by atoms with Crippen molar-refractivity contribution in [1.82, 2.24) is 14.4 Å². The second-order valence-corrected chi connectivity index (χ2v) is 6.70. The smallest absolute Gasteiger partial charge is 0.417 e. The maximum atomic E-state index is 13.3. The summed E-state index contributed by atoms with van der Waals surface area (Å²) >= 11 is 0. The van der Waals surface area contributed by atoms with Gasteiger partial charge in [-0.25, -0.2) is 14.8 Å². The number of aromatic carboxylic acids is 1. The van der Waals surface area contributed by atoms with Crippen LogP contribution in [0, 0.1) is 0 Å².